The molecule has 0 amide bonds. The molecule has 0 aromatic heterocycles. The molecule has 0 bridgehead atoms. The monoisotopic (exact) mass is 247 g/mol. The van der Waals surface area contributed by atoms with E-state index in [4.69, 9.17) is 4.74 Å². The summed E-state index contributed by atoms with van der Waals surface area (Å²) >= 11 is 0. The van der Waals surface area contributed by atoms with E-state index >= 15 is 0 Å². The Morgan fingerprint density at radius 3 is 2.56 bits per heavy atom. The summed E-state index contributed by atoms with van der Waals surface area (Å²) in [7, 11) is 6.07. The van der Waals surface area contributed by atoms with Crippen molar-refractivity contribution in [3.8, 4) is 5.75 Å². The zero-order valence-electron chi connectivity index (χ0n) is 11.9. The fourth-order valence-corrected chi connectivity index (χ4v) is 3.13. The van der Waals surface area contributed by atoms with E-state index in [1.165, 1.54) is 37.7 Å². The lowest BCUT2D eigenvalue weighted by Gasteiger charge is -2.31. The Morgan fingerprint density at radius 1 is 1.22 bits per heavy atom. The third-order valence-corrected chi connectivity index (χ3v) is 4.28. The fourth-order valence-electron chi connectivity index (χ4n) is 3.13. The van der Waals surface area contributed by atoms with Gasteiger partial charge >= 0.3 is 0 Å². The summed E-state index contributed by atoms with van der Waals surface area (Å²) in [6, 6.07) is 8.69. The highest BCUT2D eigenvalue weighted by molar-refractivity contribution is 5.34. The molecule has 0 N–H and O–H groups in total. The topological polar surface area (TPSA) is 12.5 Å². The summed E-state index contributed by atoms with van der Waals surface area (Å²) in [4.78, 5) is 2.29. The Labute approximate surface area is 111 Å². The molecule has 0 atom stereocenters. The Hall–Kier alpha value is -1.02. The number of methoxy groups -OCH3 is 1. The van der Waals surface area contributed by atoms with Gasteiger partial charge in [0.15, 0.2) is 0 Å². The highest BCUT2D eigenvalue weighted by Gasteiger charge is 2.35. The van der Waals surface area contributed by atoms with Crippen molar-refractivity contribution < 1.29 is 4.74 Å². The van der Waals surface area contributed by atoms with Crippen molar-refractivity contribution in [1.29, 1.82) is 0 Å². The van der Waals surface area contributed by atoms with Gasteiger partial charge in [-0.25, -0.2) is 0 Å². The zero-order chi connectivity index (χ0) is 13.0. The van der Waals surface area contributed by atoms with Crippen molar-refractivity contribution >= 4 is 0 Å². The normalized spacial score (nSPS) is 18.2. The van der Waals surface area contributed by atoms with E-state index in [2.05, 4.69) is 37.2 Å². The molecule has 1 aliphatic rings. The van der Waals surface area contributed by atoms with Crippen LogP contribution in [0.2, 0.25) is 0 Å². The molecule has 18 heavy (non-hydrogen) atoms. The SMILES string of the molecule is COc1cccc(C2(CCN(C)C)CCCC2)c1. The molecule has 0 saturated heterocycles. The molecule has 0 aliphatic heterocycles. The van der Waals surface area contributed by atoms with Gasteiger partial charge in [0.25, 0.3) is 0 Å². The largest absolute Gasteiger partial charge is 0.497 e. The number of hydrogen-bond acceptors (Lipinski definition) is 2. The minimum atomic E-state index is 0.388. The number of rotatable bonds is 5. The molecule has 100 valence electrons. The van der Waals surface area contributed by atoms with Gasteiger partial charge in [-0.3, -0.25) is 0 Å². The van der Waals surface area contributed by atoms with Crippen LogP contribution < -0.4 is 4.74 Å². The first kappa shape index (κ1) is 13.4. The van der Waals surface area contributed by atoms with E-state index < -0.39 is 0 Å². The number of ether oxygens (including phenoxy) is 1. The van der Waals surface area contributed by atoms with Gasteiger partial charge in [-0.1, -0.05) is 25.0 Å². The molecule has 0 heterocycles. The molecule has 0 radical (unpaired) electrons. The maximum Gasteiger partial charge on any atom is 0.119 e. The maximum atomic E-state index is 5.37. The van der Waals surface area contributed by atoms with Gasteiger partial charge in [0.05, 0.1) is 7.11 Å². The van der Waals surface area contributed by atoms with E-state index in [1.807, 2.05) is 6.07 Å². The van der Waals surface area contributed by atoms with E-state index in [9.17, 15) is 0 Å². The summed E-state index contributed by atoms with van der Waals surface area (Å²) in [5, 5.41) is 0. The highest BCUT2D eigenvalue weighted by Crippen LogP contribution is 2.44. The lowest BCUT2D eigenvalue weighted by Crippen LogP contribution is -2.28. The molecule has 0 unspecified atom stereocenters. The van der Waals surface area contributed by atoms with Crippen LogP contribution in [0.25, 0.3) is 0 Å². The van der Waals surface area contributed by atoms with Crippen LogP contribution in [0, 0.1) is 0 Å². The van der Waals surface area contributed by atoms with E-state index in [1.54, 1.807) is 7.11 Å². The molecule has 2 heteroatoms. The predicted octanol–water partition coefficient (Wildman–Crippen LogP) is 3.46. The molecular weight excluding hydrogens is 222 g/mol. The minimum absolute atomic E-state index is 0.388. The summed E-state index contributed by atoms with van der Waals surface area (Å²) in [5.41, 5.74) is 1.86. The van der Waals surface area contributed by atoms with E-state index in [-0.39, 0.29) is 0 Å². The number of hydrogen-bond donors (Lipinski definition) is 0. The summed E-state index contributed by atoms with van der Waals surface area (Å²) < 4.78 is 5.37. The Balaban J connectivity index is 2.22. The van der Waals surface area contributed by atoms with Gasteiger partial charge in [0, 0.05) is 0 Å². The van der Waals surface area contributed by atoms with Crippen LogP contribution in [0.4, 0.5) is 0 Å². The fraction of sp³-hybridized carbons (Fsp3) is 0.625. The summed E-state index contributed by atoms with van der Waals surface area (Å²) in [6.07, 6.45) is 6.64. The van der Waals surface area contributed by atoms with Gasteiger partial charge in [-0.05, 0) is 63.0 Å². The standard InChI is InChI=1S/C16H25NO/c1-17(2)12-11-16(9-4-5-10-16)14-7-6-8-15(13-14)18-3/h6-8,13H,4-5,9-12H2,1-3H3. The molecule has 2 nitrogen and oxygen atoms in total. The lowest BCUT2D eigenvalue weighted by molar-refractivity contribution is 0.314. The Bertz CT molecular complexity index is 380. The van der Waals surface area contributed by atoms with Crippen LogP contribution in [0.5, 0.6) is 5.75 Å². The van der Waals surface area contributed by atoms with Crippen molar-refractivity contribution in [3.63, 3.8) is 0 Å². The molecule has 1 aromatic carbocycles. The lowest BCUT2D eigenvalue weighted by atomic mass is 9.76. The van der Waals surface area contributed by atoms with Gasteiger partial charge in [-0.2, -0.15) is 0 Å². The molecule has 1 fully saturated rings. The Morgan fingerprint density at radius 2 is 1.94 bits per heavy atom. The van der Waals surface area contributed by atoms with Crippen LogP contribution >= 0.6 is 0 Å². The Kier molecular flexibility index (Phi) is 4.28. The second-order valence-corrected chi connectivity index (χ2v) is 5.77. The average molecular weight is 247 g/mol. The number of nitrogens with zero attached hydrogens (tertiary/aromatic N) is 1. The van der Waals surface area contributed by atoms with Gasteiger partial charge in [0.1, 0.15) is 5.75 Å². The second-order valence-electron chi connectivity index (χ2n) is 5.77. The summed E-state index contributed by atoms with van der Waals surface area (Å²) in [6.45, 7) is 1.16. The first-order valence-electron chi connectivity index (χ1n) is 6.96. The van der Waals surface area contributed by atoms with Crippen molar-refractivity contribution in [2.24, 2.45) is 0 Å². The highest BCUT2D eigenvalue weighted by atomic mass is 16.5. The second kappa shape index (κ2) is 5.75. The third-order valence-electron chi connectivity index (χ3n) is 4.28. The van der Waals surface area contributed by atoms with Crippen LogP contribution in [0.3, 0.4) is 0 Å². The average Bonchev–Trinajstić information content (AvgIpc) is 2.86. The number of benzene rings is 1. The van der Waals surface area contributed by atoms with Crippen molar-refractivity contribution in [2.45, 2.75) is 37.5 Å². The predicted molar refractivity (Wildman–Crippen MR) is 76.3 cm³/mol. The van der Waals surface area contributed by atoms with E-state index in [0.29, 0.717) is 5.41 Å². The van der Waals surface area contributed by atoms with E-state index in [0.717, 1.165) is 12.3 Å². The quantitative estimate of drug-likeness (QED) is 0.790. The van der Waals surface area contributed by atoms with Gasteiger partial charge in [-0.15, -0.1) is 0 Å². The maximum absolute atomic E-state index is 5.37. The van der Waals surface area contributed by atoms with Crippen LogP contribution in [-0.4, -0.2) is 32.6 Å². The van der Waals surface area contributed by atoms with Gasteiger partial charge in [0.2, 0.25) is 0 Å². The molecule has 1 aromatic rings. The first-order valence-corrected chi connectivity index (χ1v) is 6.96. The molecular formula is C16H25NO. The molecule has 1 aliphatic carbocycles. The van der Waals surface area contributed by atoms with Crippen molar-refractivity contribution in [3.05, 3.63) is 29.8 Å². The third kappa shape index (κ3) is 2.86. The minimum Gasteiger partial charge on any atom is -0.497 e. The molecule has 1 saturated carbocycles. The molecule has 0 spiro atoms. The first-order chi connectivity index (χ1) is 8.66. The zero-order valence-corrected chi connectivity index (χ0v) is 11.9. The van der Waals surface area contributed by atoms with Crippen LogP contribution in [-0.2, 0) is 5.41 Å². The van der Waals surface area contributed by atoms with Crippen LogP contribution in [0.15, 0.2) is 24.3 Å². The smallest absolute Gasteiger partial charge is 0.119 e. The molecule has 2 rings (SSSR count). The van der Waals surface area contributed by atoms with Gasteiger partial charge < -0.3 is 9.64 Å². The summed E-state index contributed by atoms with van der Waals surface area (Å²) in [5.74, 6) is 0.989. The van der Waals surface area contributed by atoms with Crippen molar-refractivity contribution in [1.82, 2.24) is 4.90 Å². The van der Waals surface area contributed by atoms with Crippen molar-refractivity contribution in [2.75, 3.05) is 27.7 Å². The van der Waals surface area contributed by atoms with Crippen LogP contribution in [0.1, 0.15) is 37.7 Å².